The van der Waals surface area contributed by atoms with Crippen LogP contribution in [0.15, 0.2) is 52.6 Å². The molecule has 96 valence electrons. The number of hydrogen-bond acceptors (Lipinski definition) is 3. The Morgan fingerprint density at radius 3 is 2.84 bits per heavy atom. The smallest absolute Gasteiger partial charge is 0.170 e. The van der Waals surface area contributed by atoms with Gasteiger partial charge in [0, 0.05) is 30.4 Å². The summed E-state index contributed by atoms with van der Waals surface area (Å²) in [4.78, 5) is 11.2. The monoisotopic (exact) mass is 289 g/mol. The molecule has 1 aliphatic heterocycles. The second-order valence-electron chi connectivity index (χ2n) is 4.30. The third-order valence-electron chi connectivity index (χ3n) is 2.82. The molecule has 3 nitrogen and oxygen atoms in total. The second-order valence-corrected chi connectivity index (χ2v) is 5.69. The molecule has 1 aromatic heterocycles. The van der Waals surface area contributed by atoms with Crippen LogP contribution >= 0.6 is 23.4 Å². The van der Waals surface area contributed by atoms with Gasteiger partial charge in [0.15, 0.2) is 5.17 Å². The summed E-state index contributed by atoms with van der Waals surface area (Å²) in [6, 6.07) is 11.6. The van der Waals surface area contributed by atoms with Crippen molar-refractivity contribution < 1.29 is 0 Å². The number of aliphatic imine (C=N–C) groups is 1. The van der Waals surface area contributed by atoms with Crippen LogP contribution in [-0.4, -0.2) is 22.1 Å². The summed E-state index contributed by atoms with van der Waals surface area (Å²) in [5, 5.41) is 2.71. The highest BCUT2D eigenvalue weighted by atomic mass is 35.5. The summed E-state index contributed by atoms with van der Waals surface area (Å²) in [5.74, 6) is 0. The lowest BCUT2D eigenvalue weighted by molar-refractivity contribution is 0.498. The lowest BCUT2D eigenvalue weighted by Crippen LogP contribution is -2.27. The van der Waals surface area contributed by atoms with Crippen LogP contribution in [0.5, 0.6) is 0 Å². The molecule has 1 aliphatic rings. The van der Waals surface area contributed by atoms with E-state index in [0.29, 0.717) is 0 Å². The van der Waals surface area contributed by atoms with Crippen molar-refractivity contribution in [1.82, 2.24) is 9.88 Å². The minimum atomic E-state index is 0.723. The van der Waals surface area contributed by atoms with Crippen LogP contribution in [0.1, 0.15) is 5.56 Å². The largest absolute Gasteiger partial charge is 0.349 e. The fraction of sp³-hybridized carbons (Fsp3) is 0.143. The van der Waals surface area contributed by atoms with Gasteiger partial charge in [0.2, 0.25) is 0 Å². The number of thioether (sulfide) groups is 1. The predicted molar refractivity (Wildman–Crippen MR) is 80.1 cm³/mol. The molecule has 0 unspecified atom stereocenters. The van der Waals surface area contributed by atoms with Gasteiger partial charge < -0.3 is 4.90 Å². The van der Waals surface area contributed by atoms with Crippen LogP contribution in [-0.2, 0) is 6.54 Å². The molecule has 0 fully saturated rings. The van der Waals surface area contributed by atoms with Crippen molar-refractivity contribution in [1.29, 1.82) is 0 Å². The van der Waals surface area contributed by atoms with Crippen LogP contribution < -0.4 is 0 Å². The number of rotatable bonds is 1. The number of fused-ring (bicyclic) bond motifs is 1. The fourth-order valence-electron chi connectivity index (χ4n) is 1.86. The maximum Gasteiger partial charge on any atom is 0.170 e. The second kappa shape index (κ2) is 5.23. The lowest BCUT2D eigenvalue weighted by Gasteiger charge is -2.26. The quantitative estimate of drug-likeness (QED) is 0.795. The number of amidine groups is 1. The lowest BCUT2D eigenvalue weighted by atomic mass is 10.3. The Kier molecular flexibility index (Phi) is 3.44. The number of hydrogen-bond donors (Lipinski definition) is 0. The molecule has 0 radical (unpaired) electrons. The molecule has 2 aromatic rings. The van der Waals surface area contributed by atoms with Crippen molar-refractivity contribution in [3.8, 4) is 0 Å². The Morgan fingerprint density at radius 2 is 2.05 bits per heavy atom. The first-order valence-corrected chi connectivity index (χ1v) is 7.09. The maximum atomic E-state index is 5.88. The predicted octanol–water partition coefficient (Wildman–Crippen LogP) is 3.96. The Balaban J connectivity index is 1.92. The van der Waals surface area contributed by atoms with E-state index < -0.39 is 0 Å². The molecule has 19 heavy (non-hydrogen) atoms. The highest BCUT2D eigenvalue weighted by Gasteiger charge is 2.20. The van der Waals surface area contributed by atoms with Crippen LogP contribution in [0, 0.1) is 0 Å². The first kappa shape index (κ1) is 12.5. The number of halogens is 1. The van der Waals surface area contributed by atoms with Gasteiger partial charge in [0.05, 0.1) is 5.69 Å². The van der Waals surface area contributed by atoms with Crippen molar-refractivity contribution in [2.45, 2.75) is 11.6 Å². The van der Waals surface area contributed by atoms with E-state index in [4.69, 9.17) is 11.6 Å². The van der Waals surface area contributed by atoms with Crippen LogP contribution in [0.3, 0.4) is 0 Å². The zero-order chi connectivity index (χ0) is 13.2. The van der Waals surface area contributed by atoms with E-state index >= 15 is 0 Å². The molecular weight excluding hydrogens is 278 g/mol. The Hall–Kier alpha value is -1.52. The van der Waals surface area contributed by atoms with Crippen molar-refractivity contribution in [3.63, 3.8) is 0 Å². The standard InChI is InChI=1S/C14H12ClN3S/c1-18-9-10-3-2-8-16-13(10)19-14(18)17-12-6-4-11(15)5-7-12/h2-8H,9H2,1H3. The molecular formula is C14H12ClN3S. The van der Waals surface area contributed by atoms with Gasteiger partial charge >= 0.3 is 0 Å². The summed E-state index contributed by atoms with van der Waals surface area (Å²) in [6.45, 7) is 0.836. The highest BCUT2D eigenvalue weighted by molar-refractivity contribution is 8.13. The molecule has 0 atom stereocenters. The normalized spacial score (nSPS) is 16.5. The summed E-state index contributed by atoms with van der Waals surface area (Å²) < 4.78 is 0. The topological polar surface area (TPSA) is 28.5 Å². The van der Waals surface area contributed by atoms with Gasteiger partial charge in [-0.3, -0.25) is 0 Å². The Bertz CT molecular complexity index is 625. The van der Waals surface area contributed by atoms with E-state index in [9.17, 15) is 0 Å². The molecule has 3 rings (SSSR count). The van der Waals surface area contributed by atoms with Crippen molar-refractivity contribution >= 4 is 34.2 Å². The van der Waals surface area contributed by atoms with Gasteiger partial charge in [0.25, 0.3) is 0 Å². The minimum Gasteiger partial charge on any atom is -0.349 e. The summed E-state index contributed by atoms with van der Waals surface area (Å²) in [5.41, 5.74) is 2.14. The molecule has 0 spiro atoms. The Morgan fingerprint density at radius 1 is 1.26 bits per heavy atom. The van der Waals surface area contributed by atoms with Gasteiger partial charge in [-0.05, 0) is 42.1 Å². The molecule has 0 aliphatic carbocycles. The number of benzene rings is 1. The molecule has 2 heterocycles. The SMILES string of the molecule is CN1Cc2cccnc2SC1=Nc1ccc(Cl)cc1. The molecule has 0 bridgehead atoms. The summed E-state index contributed by atoms with van der Waals surface area (Å²) in [7, 11) is 2.04. The molecule has 5 heteroatoms. The van der Waals surface area contributed by atoms with Crippen LogP contribution in [0.25, 0.3) is 0 Å². The van der Waals surface area contributed by atoms with E-state index in [1.54, 1.807) is 11.8 Å². The van der Waals surface area contributed by atoms with Crippen LogP contribution in [0.2, 0.25) is 5.02 Å². The molecule has 0 saturated carbocycles. The third kappa shape index (κ3) is 2.74. The molecule has 1 aromatic carbocycles. The van der Waals surface area contributed by atoms with Crippen molar-refractivity contribution in [3.05, 3.63) is 53.2 Å². The summed E-state index contributed by atoms with van der Waals surface area (Å²) in [6.07, 6.45) is 1.82. The number of pyridine rings is 1. The molecule has 0 N–H and O–H groups in total. The zero-order valence-electron chi connectivity index (χ0n) is 10.4. The maximum absolute atomic E-state index is 5.88. The van der Waals surface area contributed by atoms with Crippen molar-refractivity contribution in [2.75, 3.05) is 7.05 Å². The fourth-order valence-corrected chi connectivity index (χ4v) is 2.91. The van der Waals surface area contributed by atoms with E-state index in [1.807, 2.05) is 43.6 Å². The first-order valence-electron chi connectivity index (χ1n) is 5.89. The highest BCUT2D eigenvalue weighted by Crippen LogP contribution is 2.31. The minimum absolute atomic E-state index is 0.723. The number of aromatic nitrogens is 1. The average Bonchev–Trinajstić information content (AvgIpc) is 2.42. The first-order chi connectivity index (χ1) is 9.22. The third-order valence-corrected chi connectivity index (χ3v) is 4.22. The van der Waals surface area contributed by atoms with Gasteiger partial charge in [-0.1, -0.05) is 17.7 Å². The van der Waals surface area contributed by atoms with Gasteiger partial charge in [0.1, 0.15) is 5.03 Å². The average molecular weight is 290 g/mol. The summed E-state index contributed by atoms with van der Waals surface area (Å²) >= 11 is 7.47. The Labute approximate surface area is 121 Å². The molecule has 0 amide bonds. The van der Waals surface area contributed by atoms with E-state index in [0.717, 1.165) is 27.4 Å². The zero-order valence-corrected chi connectivity index (χ0v) is 11.9. The van der Waals surface area contributed by atoms with E-state index in [2.05, 4.69) is 20.9 Å². The van der Waals surface area contributed by atoms with Gasteiger partial charge in [-0.15, -0.1) is 0 Å². The van der Waals surface area contributed by atoms with E-state index in [-0.39, 0.29) is 0 Å². The van der Waals surface area contributed by atoms with E-state index in [1.165, 1.54) is 5.56 Å². The molecule has 0 saturated heterocycles. The van der Waals surface area contributed by atoms with Crippen LogP contribution in [0.4, 0.5) is 5.69 Å². The van der Waals surface area contributed by atoms with Gasteiger partial charge in [-0.2, -0.15) is 0 Å². The van der Waals surface area contributed by atoms with Crippen molar-refractivity contribution in [2.24, 2.45) is 4.99 Å². The van der Waals surface area contributed by atoms with Gasteiger partial charge in [-0.25, -0.2) is 9.98 Å². The number of nitrogens with zero attached hydrogens (tertiary/aromatic N) is 3.